The Kier molecular flexibility index (Phi) is 3.03. The molecule has 1 N–H and O–H groups in total. The second-order valence-corrected chi connectivity index (χ2v) is 4.81. The summed E-state index contributed by atoms with van der Waals surface area (Å²) < 4.78 is 0. The predicted octanol–water partition coefficient (Wildman–Crippen LogP) is 2.97. The molecule has 15 heavy (non-hydrogen) atoms. The summed E-state index contributed by atoms with van der Waals surface area (Å²) in [4.78, 5) is 0. The third-order valence-corrected chi connectivity index (χ3v) is 4.12. The molecule has 0 amide bonds. The fraction of sp³-hybridized carbons (Fsp3) is 0.538. The largest absolute Gasteiger partial charge is 0.316 e. The van der Waals surface area contributed by atoms with Gasteiger partial charge in [-0.15, -0.1) is 12.4 Å². The molecular weight excluding hydrogens is 206 g/mol. The summed E-state index contributed by atoms with van der Waals surface area (Å²) in [5.74, 6) is 0.775. The van der Waals surface area contributed by atoms with E-state index in [1.165, 1.54) is 37.9 Å². The lowest BCUT2D eigenvalue weighted by Crippen LogP contribution is -2.35. The zero-order valence-electron chi connectivity index (χ0n) is 8.91. The van der Waals surface area contributed by atoms with E-state index in [4.69, 9.17) is 0 Å². The number of nitrogens with one attached hydrogen (secondary N) is 1. The SMILES string of the molecule is Cl.c1ccc(C2CNCC23CCC3)cc1. The number of hydrogen-bond acceptors (Lipinski definition) is 1. The third-order valence-electron chi connectivity index (χ3n) is 4.12. The summed E-state index contributed by atoms with van der Waals surface area (Å²) in [5, 5.41) is 3.56. The van der Waals surface area contributed by atoms with Gasteiger partial charge in [0.15, 0.2) is 0 Å². The van der Waals surface area contributed by atoms with E-state index in [1.54, 1.807) is 0 Å². The zero-order valence-corrected chi connectivity index (χ0v) is 9.72. The second kappa shape index (κ2) is 4.15. The Morgan fingerprint density at radius 3 is 2.47 bits per heavy atom. The molecule has 1 unspecified atom stereocenters. The van der Waals surface area contributed by atoms with Gasteiger partial charge in [0.1, 0.15) is 0 Å². The minimum absolute atomic E-state index is 0. The highest BCUT2D eigenvalue weighted by atomic mass is 35.5. The van der Waals surface area contributed by atoms with Gasteiger partial charge in [-0.1, -0.05) is 36.8 Å². The van der Waals surface area contributed by atoms with Crippen molar-refractivity contribution in [2.45, 2.75) is 25.2 Å². The van der Waals surface area contributed by atoms with Crippen LogP contribution in [0.5, 0.6) is 0 Å². The summed E-state index contributed by atoms with van der Waals surface area (Å²) in [6.45, 7) is 2.43. The van der Waals surface area contributed by atoms with E-state index in [-0.39, 0.29) is 12.4 Å². The molecule has 1 aliphatic carbocycles. The van der Waals surface area contributed by atoms with Crippen molar-refractivity contribution in [3.05, 3.63) is 35.9 Å². The molecule has 2 fully saturated rings. The van der Waals surface area contributed by atoms with Gasteiger partial charge in [0, 0.05) is 19.0 Å². The quantitative estimate of drug-likeness (QED) is 0.772. The van der Waals surface area contributed by atoms with Gasteiger partial charge >= 0.3 is 0 Å². The predicted molar refractivity (Wildman–Crippen MR) is 65.6 cm³/mol. The van der Waals surface area contributed by atoms with Crippen LogP contribution in [0.25, 0.3) is 0 Å². The van der Waals surface area contributed by atoms with E-state index in [0.29, 0.717) is 5.41 Å². The number of rotatable bonds is 1. The van der Waals surface area contributed by atoms with Crippen molar-refractivity contribution in [3.63, 3.8) is 0 Å². The first-order chi connectivity index (χ1) is 6.91. The molecule has 1 heterocycles. The van der Waals surface area contributed by atoms with Crippen molar-refractivity contribution < 1.29 is 0 Å². The van der Waals surface area contributed by atoms with E-state index in [9.17, 15) is 0 Å². The summed E-state index contributed by atoms with van der Waals surface area (Å²) in [7, 11) is 0. The Hall–Kier alpha value is -0.530. The van der Waals surface area contributed by atoms with Gasteiger partial charge in [-0.05, 0) is 23.8 Å². The Labute approximate surface area is 97.7 Å². The van der Waals surface area contributed by atoms with Gasteiger partial charge < -0.3 is 5.32 Å². The highest BCUT2D eigenvalue weighted by Gasteiger charge is 2.47. The van der Waals surface area contributed by atoms with Gasteiger partial charge in [-0.25, -0.2) is 0 Å². The van der Waals surface area contributed by atoms with E-state index in [2.05, 4.69) is 35.6 Å². The van der Waals surface area contributed by atoms with Crippen LogP contribution >= 0.6 is 12.4 Å². The maximum absolute atomic E-state index is 3.56. The Morgan fingerprint density at radius 2 is 1.87 bits per heavy atom. The molecule has 1 atom stereocenters. The van der Waals surface area contributed by atoms with Crippen LogP contribution in [0.3, 0.4) is 0 Å². The second-order valence-electron chi connectivity index (χ2n) is 4.81. The lowest BCUT2D eigenvalue weighted by molar-refractivity contribution is 0.137. The fourth-order valence-electron chi connectivity index (χ4n) is 3.12. The van der Waals surface area contributed by atoms with Gasteiger partial charge in [0.05, 0.1) is 0 Å². The first-order valence-electron chi connectivity index (χ1n) is 5.66. The molecule has 2 heteroatoms. The highest BCUT2D eigenvalue weighted by molar-refractivity contribution is 5.85. The lowest BCUT2D eigenvalue weighted by Gasteiger charge is -2.43. The third kappa shape index (κ3) is 1.68. The van der Waals surface area contributed by atoms with Crippen LogP contribution in [-0.2, 0) is 0 Å². The van der Waals surface area contributed by atoms with Crippen LogP contribution in [-0.4, -0.2) is 13.1 Å². The maximum Gasteiger partial charge on any atom is 0.00320 e. The first kappa shape index (κ1) is 11.0. The normalized spacial score (nSPS) is 27.1. The molecule has 1 nitrogen and oxygen atoms in total. The average molecular weight is 224 g/mol. The van der Waals surface area contributed by atoms with E-state index in [1.807, 2.05) is 0 Å². The zero-order chi connectivity index (χ0) is 9.43. The topological polar surface area (TPSA) is 12.0 Å². The molecular formula is C13H18ClN. The molecule has 0 radical (unpaired) electrons. The molecule has 0 bridgehead atoms. The van der Waals surface area contributed by atoms with Crippen molar-refractivity contribution in [3.8, 4) is 0 Å². The highest BCUT2D eigenvalue weighted by Crippen LogP contribution is 2.53. The minimum atomic E-state index is 0. The van der Waals surface area contributed by atoms with E-state index in [0.717, 1.165) is 5.92 Å². The molecule has 1 saturated carbocycles. The standard InChI is InChI=1S/C13H17N.ClH/c1-2-5-11(6-3-1)12-9-14-10-13(12)7-4-8-13;/h1-3,5-6,12,14H,4,7-10H2;1H. The average Bonchev–Trinajstić information content (AvgIpc) is 2.62. The number of halogens is 1. The lowest BCUT2D eigenvalue weighted by atomic mass is 9.61. The number of benzene rings is 1. The molecule has 1 saturated heterocycles. The molecule has 3 rings (SSSR count). The molecule has 1 aromatic rings. The monoisotopic (exact) mass is 223 g/mol. The van der Waals surface area contributed by atoms with Crippen LogP contribution in [0.4, 0.5) is 0 Å². The van der Waals surface area contributed by atoms with Crippen LogP contribution in [0.15, 0.2) is 30.3 Å². The first-order valence-corrected chi connectivity index (χ1v) is 5.66. The molecule has 2 aliphatic rings. The molecule has 82 valence electrons. The minimum Gasteiger partial charge on any atom is -0.316 e. The van der Waals surface area contributed by atoms with Gasteiger partial charge in [0.25, 0.3) is 0 Å². The Morgan fingerprint density at radius 1 is 1.13 bits per heavy atom. The van der Waals surface area contributed by atoms with Crippen LogP contribution in [0.1, 0.15) is 30.7 Å². The van der Waals surface area contributed by atoms with Crippen LogP contribution in [0, 0.1) is 5.41 Å². The molecule has 1 aliphatic heterocycles. The molecule has 1 aromatic carbocycles. The van der Waals surface area contributed by atoms with Crippen LogP contribution in [0.2, 0.25) is 0 Å². The van der Waals surface area contributed by atoms with Crippen molar-refractivity contribution in [2.75, 3.05) is 13.1 Å². The molecule has 0 aromatic heterocycles. The Balaban J connectivity index is 0.000000853. The summed E-state index contributed by atoms with van der Waals surface area (Å²) in [6, 6.07) is 11.0. The summed E-state index contributed by atoms with van der Waals surface area (Å²) in [6.07, 6.45) is 4.30. The van der Waals surface area contributed by atoms with Crippen LogP contribution < -0.4 is 5.32 Å². The van der Waals surface area contributed by atoms with Crippen molar-refractivity contribution >= 4 is 12.4 Å². The van der Waals surface area contributed by atoms with Gasteiger partial charge in [-0.2, -0.15) is 0 Å². The number of hydrogen-bond donors (Lipinski definition) is 1. The van der Waals surface area contributed by atoms with Crippen molar-refractivity contribution in [2.24, 2.45) is 5.41 Å². The Bertz CT molecular complexity index is 319. The smallest absolute Gasteiger partial charge is 0.00320 e. The van der Waals surface area contributed by atoms with E-state index >= 15 is 0 Å². The van der Waals surface area contributed by atoms with Gasteiger partial charge in [-0.3, -0.25) is 0 Å². The maximum atomic E-state index is 3.56. The summed E-state index contributed by atoms with van der Waals surface area (Å²) in [5.41, 5.74) is 2.17. The fourth-order valence-corrected chi connectivity index (χ4v) is 3.12. The van der Waals surface area contributed by atoms with Crippen molar-refractivity contribution in [1.82, 2.24) is 5.32 Å². The van der Waals surface area contributed by atoms with E-state index < -0.39 is 0 Å². The molecule has 1 spiro atoms. The summed E-state index contributed by atoms with van der Waals surface area (Å²) >= 11 is 0. The van der Waals surface area contributed by atoms with Gasteiger partial charge in [0.2, 0.25) is 0 Å². The van der Waals surface area contributed by atoms with Crippen molar-refractivity contribution in [1.29, 1.82) is 0 Å².